The van der Waals surface area contributed by atoms with Gasteiger partial charge in [-0.25, -0.2) is 24.9 Å². The number of methoxy groups -OCH3 is 1. The number of hydrogen-bond acceptors (Lipinski definition) is 7. The Morgan fingerprint density at radius 1 is 1.12 bits per heavy atom. The van der Waals surface area contributed by atoms with E-state index in [-0.39, 0.29) is 37.5 Å². The molecule has 3 N–H and O–H groups in total. The highest BCUT2D eigenvalue weighted by molar-refractivity contribution is 9.10. The summed E-state index contributed by atoms with van der Waals surface area (Å²) in [6.45, 7) is 0. The number of rotatable bonds is 4. The van der Waals surface area contributed by atoms with Crippen molar-refractivity contribution < 1.29 is 19.1 Å². The van der Waals surface area contributed by atoms with Crippen LogP contribution in [0.25, 0.3) is 5.82 Å². The van der Waals surface area contributed by atoms with Crippen LogP contribution in [0.4, 0.5) is 10.5 Å². The number of aromatic nitrogens is 4. The second-order valence-corrected chi connectivity index (χ2v) is 8.11. The Bertz CT molecular complexity index is 1220. The van der Waals surface area contributed by atoms with Crippen molar-refractivity contribution in [2.75, 3.05) is 12.4 Å². The Morgan fingerprint density at radius 2 is 1.88 bits per heavy atom. The van der Waals surface area contributed by atoms with Crippen molar-refractivity contribution in [2.45, 2.75) is 0 Å². The number of carbonyl (C=O) groups is 3. The molecule has 0 unspecified atom stereocenters. The molecule has 0 fully saturated rings. The highest BCUT2D eigenvalue weighted by atomic mass is 79.9. The second kappa shape index (κ2) is 10.3. The van der Waals surface area contributed by atoms with E-state index >= 15 is 0 Å². The molecule has 0 radical (unpaired) electrons. The standard InChI is InChI=1S/C17H11Br2Cl2N7O4/c1-32-17(31)26-25-15(29)7-5-11(21)23-13(19)12(7)24-16(30)9-6-10(18)27-28(9)14-8(20)3-2-4-22-14/h2-6H,1H3,(H,24,30)(H,25,29)(H,26,31). The molecule has 32 heavy (non-hydrogen) atoms. The highest BCUT2D eigenvalue weighted by Crippen LogP contribution is 2.29. The van der Waals surface area contributed by atoms with E-state index in [1.165, 1.54) is 23.0 Å². The van der Waals surface area contributed by atoms with Crippen LogP contribution in [-0.4, -0.2) is 44.8 Å². The van der Waals surface area contributed by atoms with Crippen molar-refractivity contribution in [3.8, 4) is 5.82 Å². The number of pyridine rings is 2. The predicted molar refractivity (Wildman–Crippen MR) is 122 cm³/mol. The lowest BCUT2D eigenvalue weighted by Crippen LogP contribution is -2.41. The van der Waals surface area contributed by atoms with E-state index < -0.39 is 17.9 Å². The summed E-state index contributed by atoms with van der Waals surface area (Å²) in [6, 6.07) is 5.88. The number of anilines is 1. The molecule has 3 heterocycles. The molecule has 3 amide bonds. The van der Waals surface area contributed by atoms with Gasteiger partial charge in [-0.2, -0.15) is 5.10 Å². The van der Waals surface area contributed by atoms with Crippen molar-refractivity contribution in [3.63, 3.8) is 0 Å². The van der Waals surface area contributed by atoms with Gasteiger partial charge in [0, 0.05) is 12.3 Å². The van der Waals surface area contributed by atoms with Crippen molar-refractivity contribution in [3.05, 3.63) is 61.1 Å². The first-order valence-corrected chi connectivity index (χ1v) is 10.7. The van der Waals surface area contributed by atoms with Crippen LogP contribution in [0, 0.1) is 0 Å². The number of nitrogens with zero attached hydrogens (tertiary/aromatic N) is 4. The molecule has 0 saturated carbocycles. The lowest BCUT2D eigenvalue weighted by Gasteiger charge is -2.14. The molecular formula is C17H11Br2Cl2N7O4. The maximum Gasteiger partial charge on any atom is 0.425 e. The second-order valence-electron chi connectivity index (χ2n) is 5.76. The van der Waals surface area contributed by atoms with Gasteiger partial charge < -0.3 is 10.1 Å². The maximum absolute atomic E-state index is 13.1. The van der Waals surface area contributed by atoms with E-state index in [2.05, 4.69) is 62.4 Å². The first-order chi connectivity index (χ1) is 15.2. The molecule has 0 aliphatic carbocycles. The molecule has 0 aliphatic heterocycles. The van der Waals surface area contributed by atoms with Crippen molar-refractivity contribution >= 4 is 78.7 Å². The van der Waals surface area contributed by atoms with Gasteiger partial charge in [-0.15, -0.1) is 0 Å². The van der Waals surface area contributed by atoms with Crippen molar-refractivity contribution in [1.29, 1.82) is 0 Å². The molecule has 3 aromatic heterocycles. The number of hydrazine groups is 1. The van der Waals surface area contributed by atoms with E-state index in [4.69, 9.17) is 23.2 Å². The van der Waals surface area contributed by atoms with Gasteiger partial charge in [0.2, 0.25) is 0 Å². The third-order valence-corrected chi connectivity index (χ3v) is 5.19. The summed E-state index contributed by atoms with van der Waals surface area (Å²) >= 11 is 18.5. The number of halogens is 4. The van der Waals surface area contributed by atoms with Crippen LogP contribution in [0.3, 0.4) is 0 Å². The zero-order chi connectivity index (χ0) is 23.4. The monoisotopic (exact) mass is 605 g/mol. The molecule has 0 spiro atoms. The lowest BCUT2D eigenvalue weighted by molar-refractivity contribution is 0.0921. The van der Waals surface area contributed by atoms with Crippen molar-refractivity contribution in [1.82, 2.24) is 30.6 Å². The van der Waals surface area contributed by atoms with Crippen molar-refractivity contribution in [2.24, 2.45) is 0 Å². The van der Waals surface area contributed by atoms with Crippen LogP contribution in [-0.2, 0) is 4.74 Å². The Labute approximate surface area is 207 Å². The number of amides is 3. The van der Waals surface area contributed by atoms with Crippen LogP contribution >= 0.6 is 55.1 Å². The third kappa shape index (κ3) is 5.35. The Kier molecular flexibility index (Phi) is 7.66. The minimum Gasteiger partial charge on any atom is -0.452 e. The average molecular weight is 608 g/mol. The van der Waals surface area contributed by atoms with Gasteiger partial charge in [-0.05, 0) is 50.1 Å². The minimum atomic E-state index is -0.899. The molecule has 0 saturated heterocycles. The van der Waals surface area contributed by atoms with E-state index in [9.17, 15) is 14.4 Å². The molecule has 3 rings (SSSR count). The molecule has 0 bridgehead atoms. The van der Waals surface area contributed by atoms with Gasteiger partial charge in [-0.3, -0.25) is 15.0 Å². The first kappa shape index (κ1) is 23.9. The summed E-state index contributed by atoms with van der Waals surface area (Å²) in [6.07, 6.45) is 0.596. The Balaban J connectivity index is 1.96. The Hall–Kier alpha value is -2.74. The van der Waals surface area contributed by atoms with Gasteiger partial charge >= 0.3 is 6.09 Å². The smallest absolute Gasteiger partial charge is 0.425 e. The summed E-state index contributed by atoms with van der Waals surface area (Å²) in [5.41, 5.74) is 4.10. The van der Waals surface area contributed by atoms with Crippen LogP contribution < -0.4 is 16.2 Å². The number of ether oxygens (including phenoxy) is 1. The summed E-state index contributed by atoms with van der Waals surface area (Å²) in [4.78, 5) is 45.0. The number of carbonyl (C=O) groups excluding carboxylic acids is 3. The fourth-order valence-corrected chi connectivity index (χ4v) is 3.77. The normalized spacial score (nSPS) is 10.4. The number of hydrogen-bond donors (Lipinski definition) is 3. The molecular weight excluding hydrogens is 597 g/mol. The molecule has 11 nitrogen and oxygen atoms in total. The van der Waals surface area contributed by atoms with E-state index in [1.54, 1.807) is 12.1 Å². The zero-order valence-corrected chi connectivity index (χ0v) is 20.5. The topological polar surface area (TPSA) is 140 Å². The summed E-state index contributed by atoms with van der Waals surface area (Å²) in [7, 11) is 1.13. The summed E-state index contributed by atoms with van der Waals surface area (Å²) < 4.78 is 6.04. The van der Waals surface area contributed by atoms with Gasteiger partial charge in [-0.1, -0.05) is 23.2 Å². The van der Waals surface area contributed by atoms with Gasteiger partial charge in [0.05, 0.1) is 23.4 Å². The van der Waals surface area contributed by atoms with Gasteiger partial charge in [0.25, 0.3) is 11.8 Å². The highest BCUT2D eigenvalue weighted by Gasteiger charge is 2.23. The molecule has 0 atom stereocenters. The largest absolute Gasteiger partial charge is 0.452 e. The fourth-order valence-electron chi connectivity index (χ4n) is 2.39. The van der Waals surface area contributed by atoms with E-state index in [1.807, 2.05) is 5.43 Å². The molecule has 166 valence electrons. The molecule has 3 aromatic rings. The zero-order valence-electron chi connectivity index (χ0n) is 15.8. The van der Waals surface area contributed by atoms with Crippen LogP contribution in [0.15, 0.2) is 39.7 Å². The third-order valence-electron chi connectivity index (χ3n) is 3.74. The first-order valence-electron chi connectivity index (χ1n) is 8.39. The molecule has 0 aliphatic rings. The van der Waals surface area contributed by atoms with Crippen LogP contribution in [0.2, 0.25) is 10.2 Å². The molecule has 0 aromatic carbocycles. The van der Waals surface area contributed by atoms with Gasteiger partial charge in [0.1, 0.15) is 20.1 Å². The molecule has 15 heteroatoms. The lowest BCUT2D eigenvalue weighted by atomic mass is 10.2. The van der Waals surface area contributed by atoms with Crippen LogP contribution in [0.5, 0.6) is 0 Å². The summed E-state index contributed by atoms with van der Waals surface area (Å²) in [5.74, 6) is -1.23. The van der Waals surface area contributed by atoms with E-state index in [0.29, 0.717) is 4.60 Å². The number of nitrogens with one attached hydrogen (secondary N) is 3. The SMILES string of the molecule is COC(=O)NNC(=O)c1cc(Cl)nc(Br)c1NC(=O)c1cc(Br)nn1-c1ncccc1Cl. The summed E-state index contributed by atoms with van der Waals surface area (Å²) in [5, 5.41) is 7.01. The maximum atomic E-state index is 13.1. The predicted octanol–water partition coefficient (Wildman–Crippen LogP) is 3.75. The van der Waals surface area contributed by atoms with E-state index in [0.717, 1.165) is 7.11 Å². The van der Waals surface area contributed by atoms with Crippen LogP contribution in [0.1, 0.15) is 20.8 Å². The Morgan fingerprint density at radius 3 is 2.56 bits per heavy atom. The average Bonchev–Trinajstić information content (AvgIpc) is 3.15. The fraction of sp³-hybridized carbons (Fsp3) is 0.0588. The van der Waals surface area contributed by atoms with Gasteiger partial charge in [0.15, 0.2) is 5.82 Å². The quantitative estimate of drug-likeness (QED) is 0.303. The minimum absolute atomic E-state index is 0.0143.